The van der Waals surface area contributed by atoms with Crippen LogP contribution in [0.25, 0.3) is 0 Å². The average Bonchev–Trinajstić information content (AvgIpc) is 2.90. The highest BCUT2D eigenvalue weighted by Crippen LogP contribution is 2.22. The van der Waals surface area contributed by atoms with Crippen LogP contribution in [-0.4, -0.2) is 78.0 Å². The van der Waals surface area contributed by atoms with Crippen molar-refractivity contribution in [3.63, 3.8) is 0 Å². The zero-order valence-electron chi connectivity index (χ0n) is 13.4. The molecule has 2 amide bonds. The molecule has 0 radical (unpaired) electrons. The van der Waals surface area contributed by atoms with E-state index in [-0.39, 0.29) is 24.5 Å². The Morgan fingerprint density at radius 1 is 1.30 bits per heavy atom. The Morgan fingerprint density at radius 3 is 2.91 bits per heavy atom. The molecule has 1 atom stereocenters. The third-order valence-electron chi connectivity index (χ3n) is 4.42. The lowest BCUT2D eigenvalue weighted by Gasteiger charge is -2.28. The smallest absolute Gasteiger partial charge is 0.248 e. The number of carbonyl (C=O) groups is 2. The normalized spacial score (nSPS) is 21.7. The van der Waals surface area contributed by atoms with Gasteiger partial charge in [-0.15, -0.1) is 0 Å². The first-order valence-corrected chi connectivity index (χ1v) is 8.01. The summed E-state index contributed by atoms with van der Waals surface area (Å²) in [6, 6.07) is -0.383. The molecule has 23 heavy (non-hydrogen) atoms. The molecule has 2 N–H and O–H groups in total. The molecule has 1 aromatic heterocycles. The number of H-pyrrole nitrogens is 1. The molecule has 0 aliphatic carbocycles. The van der Waals surface area contributed by atoms with Crippen molar-refractivity contribution in [3.8, 4) is 0 Å². The Morgan fingerprint density at radius 2 is 2.09 bits per heavy atom. The van der Waals surface area contributed by atoms with Crippen LogP contribution >= 0.6 is 0 Å². The topological polar surface area (TPSA) is 90.6 Å². The first-order valence-electron chi connectivity index (χ1n) is 8.01. The van der Waals surface area contributed by atoms with Gasteiger partial charge in [-0.1, -0.05) is 0 Å². The Balaban J connectivity index is 1.64. The fourth-order valence-electron chi connectivity index (χ4n) is 3.21. The van der Waals surface area contributed by atoms with E-state index in [1.807, 2.05) is 4.90 Å². The van der Waals surface area contributed by atoms with Gasteiger partial charge in [0.15, 0.2) is 0 Å². The van der Waals surface area contributed by atoms with Crippen molar-refractivity contribution >= 4 is 11.8 Å². The minimum atomic E-state index is -0.383. The Bertz CT molecular complexity index is 573. The van der Waals surface area contributed by atoms with Crippen molar-refractivity contribution in [2.45, 2.75) is 18.9 Å². The van der Waals surface area contributed by atoms with Crippen LogP contribution in [0.4, 0.5) is 0 Å². The molecule has 3 heterocycles. The van der Waals surface area contributed by atoms with Crippen molar-refractivity contribution < 1.29 is 14.3 Å². The summed E-state index contributed by atoms with van der Waals surface area (Å²) >= 11 is 0. The highest BCUT2D eigenvalue weighted by molar-refractivity contribution is 5.83. The van der Waals surface area contributed by atoms with Crippen LogP contribution in [0.5, 0.6) is 0 Å². The van der Waals surface area contributed by atoms with Crippen LogP contribution in [0.3, 0.4) is 0 Å². The number of fused-ring (bicyclic) bond motifs is 1. The Labute approximate surface area is 135 Å². The molecule has 0 unspecified atom stereocenters. The maximum absolute atomic E-state index is 12.9. The Kier molecular flexibility index (Phi) is 4.92. The van der Waals surface area contributed by atoms with E-state index < -0.39 is 0 Å². The number of carbonyl (C=O) groups excluding carboxylic acids is 2. The lowest BCUT2D eigenvalue weighted by Crippen LogP contribution is -2.45. The van der Waals surface area contributed by atoms with Gasteiger partial charge in [0.1, 0.15) is 12.6 Å². The molecule has 0 bridgehead atoms. The SMILES string of the molecule is COCC(=O)N1CCCN(C(=O)[C@H]2NCCc3[nH]cnc32)CC1. The van der Waals surface area contributed by atoms with Gasteiger partial charge in [0.25, 0.3) is 0 Å². The molecule has 1 aromatic rings. The van der Waals surface area contributed by atoms with E-state index in [9.17, 15) is 9.59 Å². The second kappa shape index (κ2) is 7.10. The van der Waals surface area contributed by atoms with Gasteiger partial charge in [-0.25, -0.2) is 4.98 Å². The van der Waals surface area contributed by atoms with Crippen molar-refractivity contribution in [2.75, 3.05) is 46.4 Å². The average molecular weight is 321 g/mol. The van der Waals surface area contributed by atoms with Crippen molar-refractivity contribution in [3.05, 3.63) is 17.7 Å². The van der Waals surface area contributed by atoms with E-state index in [4.69, 9.17) is 4.74 Å². The minimum absolute atomic E-state index is 0.0211. The molecule has 2 aliphatic rings. The summed E-state index contributed by atoms with van der Waals surface area (Å²) in [5.41, 5.74) is 1.84. The van der Waals surface area contributed by atoms with Crippen LogP contribution in [0.15, 0.2) is 6.33 Å². The van der Waals surface area contributed by atoms with E-state index in [1.165, 1.54) is 7.11 Å². The largest absolute Gasteiger partial charge is 0.375 e. The molecule has 1 saturated heterocycles. The summed E-state index contributed by atoms with van der Waals surface area (Å²) in [7, 11) is 1.52. The zero-order chi connectivity index (χ0) is 16.2. The van der Waals surface area contributed by atoms with E-state index in [0.717, 1.165) is 30.8 Å². The lowest BCUT2D eigenvalue weighted by molar-refractivity contribution is -0.136. The monoisotopic (exact) mass is 321 g/mol. The molecular weight excluding hydrogens is 298 g/mol. The zero-order valence-corrected chi connectivity index (χ0v) is 13.4. The number of nitrogens with one attached hydrogen (secondary N) is 2. The van der Waals surface area contributed by atoms with Gasteiger partial charge < -0.3 is 24.8 Å². The van der Waals surface area contributed by atoms with Gasteiger partial charge in [0.05, 0.1) is 12.0 Å². The number of ether oxygens (including phenoxy) is 1. The number of amides is 2. The predicted molar refractivity (Wildman–Crippen MR) is 82.7 cm³/mol. The van der Waals surface area contributed by atoms with E-state index >= 15 is 0 Å². The third-order valence-corrected chi connectivity index (χ3v) is 4.42. The quantitative estimate of drug-likeness (QED) is 0.769. The fraction of sp³-hybridized carbons (Fsp3) is 0.667. The minimum Gasteiger partial charge on any atom is -0.375 e. The number of hydrogen-bond acceptors (Lipinski definition) is 5. The summed E-state index contributed by atoms with van der Waals surface area (Å²) in [5.74, 6) is 0.0197. The van der Waals surface area contributed by atoms with Crippen LogP contribution < -0.4 is 5.32 Å². The summed E-state index contributed by atoms with van der Waals surface area (Å²) < 4.78 is 4.90. The number of rotatable bonds is 3. The second-order valence-electron chi connectivity index (χ2n) is 5.90. The number of imidazole rings is 1. The van der Waals surface area contributed by atoms with Crippen LogP contribution in [0, 0.1) is 0 Å². The fourth-order valence-corrected chi connectivity index (χ4v) is 3.21. The maximum Gasteiger partial charge on any atom is 0.248 e. The summed E-state index contributed by atoms with van der Waals surface area (Å²) in [5, 5.41) is 3.26. The number of aromatic amines is 1. The Hall–Kier alpha value is -1.93. The van der Waals surface area contributed by atoms with E-state index in [0.29, 0.717) is 26.2 Å². The van der Waals surface area contributed by atoms with E-state index in [2.05, 4.69) is 15.3 Å². The molecule has 3 rings (SSSR count). The highest BCUT2D eigenvalue weighted by Gasteiger charge is 2.32. The van der Waals surface area contributed by atoms with E-state index in [1.54, 1.807) is 11.2 Å². The molecule has 126 valence electrons. The van der Waals surface area contributed by atoms with Crippen LogP contribution in [-0.2, 0) is 20.7 Å². The van der Waals surface area contributed by atoms with Gasteiger partial charge in [-0.3, -0.25) is 9.59 Å². The number of aromatic nitrogens is 2. The maximum atomic E-state index is 12.9. The number of methoxy groups -OCH3 is 1. The standard InChI is InChI=1S/C15H23N5O3/c1-23-9-12(21)19-5-2-6-20(8-7-19)15(22)14-13-11(3-4-16-14)17-10-18-13/h10,14,16H,2-9H2,1H3,(H,17,18)/t14-/m0/s1. The summed E-state index contributed by atoms with van der Waals surface area (Å²) in [6.45, 7) is 3.28. The van der Waals surface area contributed by atoms with Crippen molar-refractivity contribution in [2.24, 2.45) is 0 Å². The highest BCUT2D eigenvalue weighted by atomic mass is 16.5. The van der Waals surface area contributed by atoms with Crippen molar-refractivity contribution in [1.29, 1.82) is 0 Å². The van der Waals surface area contributed by atoms with Gasteiger partial charge in [-0.05, 0) is 6.42 Å². The molecule has 1 fully saturated rings. The first kappa shape index (κ1) is 15.9. The summed E-state index contributed by atoms with van der Waals surface area (Å²) in [6.07, 6.45) is 3.28. The van der Waals surface area contributed by atoms with Gasteiger partial charge in [0.2, 0.25) is 11.8 Å². The molecular formula is C15H23N5O3. The van der Waals surface area contributed by atoms with Gasteiger partial charge >= 0.3 is 0 Å². The molecule has 0 saturated carbocycles. The summed E-state index contributed by atoms with van der Waals surface area (Å²) in [4.78, 5) is 35.8. The molecule has 0 spiro atoms. The molecule has 8 nitrogen and oxygen atoms in total. The molecule has 0 aromatic carbocycles. The number of nitrogens with zero attached hydrogens (tertiary/aromatic N) is 3. The third kappa shape index (κ3) is 3.37. The van der Waals surface area contributed by atoms with Crippen LogP contribution in [0.2, 0.25) is 0 Å². The number of hydrogen-bond donors (Lipinski definition) is 2. The first-order chi connectivity index (χ1) is 11.2. The molecule has 8 heteroatoms. The lowest BCUT2D eigenvalue weighted by atomic mass is 10.0. The van der Waals surface area contributed by atoms with Gasteiger partial charge in [-0.2, -0.15) is 0 Å². The molecule has 2 aliphatic heterocycles. The van der Waals surface area contributed by atoms with Crippen molar-refractivity contribution in [1.82, 2.24) is 25.1 Å². The van der Waals surface area contributed by atoms with Crippen LogP contribution in [0.1, 0.15) is 23.9 Å². The van der Waals surface area contributed by atoms with Gasteiger partial charge in [0, 0.05) is 51.9 Å². The predicted octanol–water partition coefficient (Wildman–Crippen LogP) is -0.696. The second-order valence-corrected chi connectivity index (χ2v) is 5.90.